The highest BCUT2D eigenvalue weighted by molar-refractivity contribution is 5.95. The molecular weight excluding hydrogens is 295 g/mol. The Kier molecular flexibility index (Phi) is 4.77. The second-order valence-electron chi connectivity index (χ2n) is 4.32. The van der Waals surface area contributed by atoms with Crippen molar-refractivity contribution in [3.63, 3.8) is 0 Å². The van der Waals surface area contributed by atoms with Crippen LogP contribution in [0.25, 0.3) is 5.69 Å². The Balaban J connectivity index is 2.20. The van der Waals surface area contributed by atoms with Crippen molar-refractivity contribution in [2.75, 3.05) is 14.2 Å². The molecule has 22 heavy (non-hydrogen) atoms. The van der Waals surface area contributed by atoms with Gasteiger partial charge in [-0.15, -0.1) is 5.10 Å². The average molecular weight is 308 g/mol. The SMILES string of the molecule is COC(=O)C(Cc1cn(-c2cncc(F)c2)nn1)C(=O)OC. The molecule has 0 fully saturated rings. The Morgan fingerprint density at radius 2 is 1.95 bits per heavy atom. The van der Waals surface area contributed by atoms with Gasteiger partial charge in [0.15, 0.2) is 5.92 Å². The number of hydrogen-bond donors (Lipinski definition) is 0. The summed E-state index contributed by atoms with van der Waals surface area (Å²) in [5.74, 6) is -3.11. The molecule has 2 rings (SSSR count). The molecule has 0 aromatic carbocycles. The fraction of sp³-hybridized carbons (Fsp3) is 0.308. The van der Waals surface area contributed by atoms with Gasteiger partial charge in [0.25, 0.3) is 0 Å². The van der Waals surface area contributed by atoms with Crippen molar-refractivity contribution < 1.29 is 23.5 Å². The lowest BCUT2D eigenvalue weighted by atomic mass is 10.0. The molecule has 2 aromatic heterocycles. The van der Waals surface area contributed by atoms with Crippen LogP contribution in [0.1, 0.15) is 5.69 Å². The van der Waals surface area contributed by atoms with Crippen molar-refractivity contribution in [2.45, 2.75) is 6.42 Å². The molecule has 8 nitrogen and oxygen atoms in total. The van der Waals surface area contributed by atoms with Gasteiger partial charge in [-0.1, -0.05) is 5.21 Å². The molecule has 0 aliphatic heterocycles. The fourth-order valence-corrected chi connectivity index (χ4v) is 1.80. The molecule has 0 amide bonds. The Bertz CT molecular complexity index is 672. The van der Waals surface area contributed by atoms with Crippen molar-refractivity contribution in [1.82, 2.24) is 20.0 Å². The number of carbonyl (C=O) groups is 2. The number of hydrogen-bond acceptors (Lipinski definition) is 7. The van der Waals surface area contributed by atoms with Crippen LogP contribution in [-0.2, 0) is 25.5 Å². The number of rotatable bonds is 5. The number of esters is 2. The van der Waals surface area contributed by atoms with Crippen molar-refractivity contribution in [3.05, 3.63) is 36.2 Å². The first-order valence-corrected chi connectivity index (χ1v) is 6.23. The quantitative estimate of drug-likeness (QED) is 0.579. The second-order valence-corrected chi connectivity index (χ2v) is 4.32. The zero-order valence-corrected chi connectivity index (χ0v) is 11.9. The average Bonchev–Trinajstić information content (AvgIpc) is 3.00. The lowest BCUT2D eigenvalue weighted by Crippen LogP contribution is -2.28. The lowest BCUT2D eigenvalue weighted by Gasteiger charge is -2.10. The van der Waals surface area contributed by atoms with Gasteiger partial charge in [0, 0.05) is 12.5 Å². The lowest BCUT2D eigenvalue weighted by molar-refractivity contribution is -0.158. The van der Waals surface area contributed by atoms with E-state index in [9.17, 15) is 14.0 Å². The highest BCUT2D eigenvalue weighted by Crippen LogP contribution is 2.12. The number of pyridine rings is 1. The molecule has 0 spiro atoms. The van der Waals surface area contributed by atoms with Crippen LogP contribution in [0.3, 0.4) is 0 Å². The van der Waals surface area contributed by atoms with Gasteiger partial charge in [-0.3, -0.25) is 14.6 Å². The normalized spacial score (nSPS) is 10.5. The maximum absolute atomic E-state index is 13.1. The molecule has 0 atom stereocenters. The third-order valence-electron chi connectivity index (χ3n) is 2.88. The number of nitrogens with zero attached hydrogens (tertiary/aromatic N) is 4. The summed E-state index contributed by atoms with van der Waals surface area (Å²) in [6.45, 7) is 0. The van der Waals surface area contributed by atoms with Gasteiger partial charge < -0.3 is 9.47 Å². The first kappa shape index (κ1) is 15.5. The van der Waals surface area contributed by atoms with Crippen molar-refractivity contribution in [2.24, 2.45) is 5.92 Å². The molecular formula is C13H13FN4O4. The molecule has 0 N–H and O–H groups in total. The standard InChI is InChI=1S/C13H13FN4O4/c1-21-12(19)11(13(20)22-2)4-9-7-18(17-16-9)10-3-8(14)5-15-6-10/h3,5-7,11H,4H2,1-2H3. The van der Waals surface area contributed by atoms with E-state index >= 15 is 0 Å². The fourth-order valence-electron chi connectivity index (χ4n) is 1.80. The number of halogens is 1. The highest BCUT2D eigenvalue weighted by Gasteiger charge is 2.30. The van der Waals surface area contributed by atoms with Crippen LogP contribution in [0.15, 0.2) is 24.7 Å². The first-order chi connectivity index (χ1) is 10.5. The van der Waals surface area contributed by atoms with E-state index in [2.05, 4.69) is 24.8 Å². The zero-order chi connectivity index (χ0) is 16.1. The van der Waals surface area contributed by atoms with Gasteiger partial charge in [0.1, 0.15) is 5.82 Å². The van der Waals surface area contributed by atoms with Crippen molar-refractivity contribution >= 4 is 11.9 Å². The molecule has 0 aliphatic carbocycles. The molecule has 2 heterocycles. The van der Waals surface area contributed by atoms with Gasteiger partial charge in [-0.25, -0.2) is 9.07 Å². The minimum atomic E-state index is -1.13. The van der Waals surface area contributed by atoms with E-state index < -0.39 is 23.7 Å². The van der Waals surface area contributed by atoms with E-state index in [0.717, 1.165) is 6.20 Å². The second kappa shape index (κ2) is 6.74. The Morgan fingerprint density at radius 1 is 1.27 bits per heavy atom. The summed E-state index contributed by atoms with van der Waals surface area (Å²) >= 11 is 0. The summed E-state index contributed by atoms with van der Waals surface area (Å²) in [6, 6.07) is 1.23. The van der Waals surface area contributed by atoms with Crippen LogP contribution in [0.4, 0.5) is 4.39 Å². The third-order valence-corrected chi connectivity index (χ3v) is 2.88. The highest BCUT2D eigenvalue weighted by atomic mass is 19.1. The van der Waals surface area contributed by atoms with E-state index in [1.807, 2.05) is 0 Å². The largest absolute Gasteiger partial charge is 0.468 e. The summed E-state index contributed by atoms with van der Waals surface area (Å²) in [5.41, 5.74) is 0.719. The van der Waals surface area contributed by atoms with E-state index in [1.54, 1.807) is 0 Å². The topological polar surface area (TPSA) is 96.2 Å². The maximum atomic E-state index is 13.1. The molecule has 0 saturated heterocycles. The molecule has 2 aromatic rings. The van der Waals surface area contributed by atoms with Crippen LogP contribution < -0.4 is 0 Å². The smallest absolute Gasteiger partial charge is 0.320 e. The summed E-state index contributed by atoms with van der Waals surface area (Å²) in [5, 5.41) is 7.65. The van der Waals surface area contributed by atoms with E-state index in [-0.39, 0.29) is 6.42 Å². The Hall–Kier alpha value is -2.84. The van der Waals surface area contributed by atoms with E-state index in [0.29, 0.717) is 11.4 Å². The molecule has 0 radical (unpaired) electrons. The van der Waals surface area contributed by atoms with Crippen LogP contribution in [0.5, 0.6) is 0 Å². The summed E-state index contributed by atoms with van der Waals surface area (Å²) in [6.07, 6.45) is 3.89. The van der Waals surface area contributed by atoms with E-state index in [1.165, 1.54) is 37.4 Å². The first-order valence-electron chi connectivity index (χ1n) is 6.23. The summed E-state index contributed by atoms with van der Waals surface area (Å²) < 4.78 is 23.5. The molecule has 116 valence electrons. The minimum absolute atomic E-state index is 0.0396. The van der Waals surface area contributed by atoms with Gasteiger partial charge >= 0.3 is 11.9 Å². The van der Waals surface area contributed by atoms with Crippen LogP contribution >= 0.6 is 0 Å². The Morgan fingerprint density at radius 3 is 2.55 bits per heavy atom. The van der Waals surface area contributed by atoms with Crippen LogP contribution in [0.2, 0.25) is 0 Å². The molecule has 0 unspecified atom stereocenters. The number of ether oxygens (including phenoxy) is 2. The van der Waals surface area contributed by atoms with Gasteiger partial charge in [-0.2, -0.15) is 0 Å². The third kappa shape index (κ3) is 3.43. The van der Waals surface area contributed by atoms with E-state index in [4.69, 9.17) is 0 Å². The summed E-state index contributed by atoms with van der Waals surface area (Å²) in [7, 11) is 2.35. The Labute approximate surface area is 124 Å². The van der Waals surface area contributed by atoms with Gasteiger partial charge in [0.2, 0.25) is 0 Å². The number of aromatic nitrogens is 4. The summed E-state index contributed by atoms with van der Waals surface area (Å²) in [4.78, 5) is 26.9. The molecule has 0 aliphatic rings. The maximum Gasteiger partial charge on any atom is 0.320 e. The molecule has 0 saturated carbocycles. The molecule has 9 heteroatoms. The van der Waals surface area contributed by atoms with Crippen molar-refractivity contribution in [1.29, 1.82) is 0 Å². The zero-order valence-electron chi connectivity index (χ0n) is 11.9. The minimum Gasteiger partial charge on any atom is -0.468 e. The van der Waals surface area contributed by atoms with Gasteiger partial charge in [-0.05, 0) is 0 Å². The monoisotopic (exact) mass is 308 g/mol. The van der Waals surface area contributed by atoms with Crippen LogP contribution in [-0.4, -0.2) is 46.1 Å². The number of carbonyl (C=O) groups excluding carboxylic acids is 2. The van der Waals surface area contributed by atoms with Gasteiger partial charge in [0.05, 0.1) is 44.2 Å². The molecule has 0 bridgehead atoms. The predicted molar refractivity (Wildman–Crippen MR) is 70.3 cm³/mol. The van der Waals surface area contributed by atoms with Crippen LogP contribution in [0, 0.1) is 11.7 Å². The van der Waals surface area contributed by atoms with Crippen molar-refractivity contribution in [3.8, 4) is 5.69 Å². The predicted octanol–water partition coefficient (Wildman–Crippen LogP) is 0.306. The number of methoxy groups -OCH3 is 2.